The van der Waals surface area contributed by atoms with Crippen LogP contribution in [0.25, 0.3) is 10.9 Å². The number of ketones is 1. The van der Waals surface area contributed by atoms with Gasteiger partial charge >= 0.3 is 0 Å². The normalized spacial score (nSPS) is 11.6. The lowest BCUT2D eigenvalue weighted by Crippen LogP contribution is -1.89. The zero-order valence-electron chi connectivity index (χ0n) is 7.72. The predicted octanol–water partition coefficient (Wildman–Crippen LogP) is 2.37. The molecule has 0 atom stereocenters. The summed E-state index contributed by atoms with van der Waals surface area (Å²) < 4.78 is 7.70. The van der Waals surface area contributed by atoms with Crippen LogP contribution in [0.1, 0.15) is 18.8 Å². The summed E-state index contributed by atoms with van der Waals surface area (Å²) >= 11 is 0. The number of hydrogen-bond acceptors (Lipinski definition) is 1. The summed E-state index contributed by atoms with van der Waals surface area (Å²) in [6.07, 6.45) is 0. The molecule has 0 aliphatic rings. The first kappa shape index (κ1) is 6.00. The Morgan fingerprint density at radius 2 is 2.25 bits per heavy atom. The fourth-order valence-corrected chi connectivity index (χ4v) is 1.18. The van der Waals surface area contributed by atoms with Gasteiger partial charge in [0.25, 0.3) is 0 Å². The van der Waals surface area contributed by atoms with Crippen LogP contribution < -0.4 is 0 Å². The van der Waals surface area contributed by atoms with Crippen LogP contribution in [0.4, 0.5) is 0 Å². The Morgan fingerprint density at radius 1 is 1.50 bits per heavy atom. The Bertz CT molecular complexity index is 473. The summed E-state index contributed by atoms with van der Waals surface area (Å²) in [6.45, 7) is 1.46. The molecular weight excluding hydrogens is 150 g/mol. The van der Waals surface area contributed by atoms with Crippen LogP contribution in [-0.4, -0.2) is 10.8 Å². The second-order valence-corrected chi connectivity index (χ2v) is 2.73. The van der Waals surface area contributed by atoms with Gasteiger partial charge < -0.3 is 4.98 Å². The number of aromatic amines is 1. The van der Waals surface area contributed by atoms with Gasteiger partial charge in [-0.25, -0.2) is 0 Å². The van der Waals surface area contributed by atoms with E-state index in [-0.39, 0.29) is 5.78 Å². The third-order valence-electron chi connectivity index (χ3n) is 1.80. The molecule has 1 N–H and O–H groups in total. The summed E-state index contributed by atoms with van der Waals surface area (Å²) in [5.74, 6) is -0.0961. The zero-order chi connectivity index (χ0) is 9.42. The van der Waals surface area contributed by atoms with Crippen molar-refractivity contribution in [2.45, 2.75) is 6.92 Å². The second kappa shape index (κ2) is 2.48. The zero-order valence-corrected chi connectivity index (χ0v) is 6.72. The highest BCUT2D eigenvalue weighted by molar-refractivity contribution is 5.97. The third-order valence-corrected chi connectivity index (χ3v) is 1.80. The van der Waals surface area contributed by atoms with E-state index in [1.807, 2.05) is 24.3 Å². The second-order valence-electron chi connectivity index (χ2n) is 2.73. The molecule has 2 heteroatoms. The molecule has 0 spiro atoms. The molecule has 1 heterocycles. The Balaban J connectivity index is 2.81. The number of benzene rings is 1. The van der Waals surface area contributed by atoms with Crippen molar-refractivity contribution in [1.29, 1.82) is 0 Å². The Kier molecular flexibility index (Phi) is 1.24. The largest absolute Gasteiger partial charge is 0.352 e. The number of para-hydroxylation sites is 1. The van der Waals surface area contributed by atoms with Crippen molar-refractivity contribution in [3.05, 3.63) is 36.0 Å². The predicted molar refractivity (Wildman–Crippen MR) is 48.3 cm³/mol. The maximum absolute atomic E-state index is 11.1. The first-order chi connectivity index (χ1) is 6.20. The van der Waals surface area contributed by atoms with Crippen LogP contribution in [-0.2, 0) is 0 Å². The van der Waals surface area contributed by atoms with Gasteiger partial charge in [-0.2, -0.15) is 0 Å². The van der Waals surface area contributed by atoms with Gasteiger partial charge in [0.15, 0.2) is 5.78 Å². The number of aromatic nitrogens is 1. The highest BCUT2D eigenvalue weighted by atomic mass is 16.1. The van der Waals surface area contributed by atoms with Crippen molar-refractivity contribution in [3.63, 3.8) is 0 Å². The van der Waals surface area contributed by atoms with Crippen LogP contribution >= 0.6 is 0 Å². The summed E-state index contributed by atoms with van der Waals surface area (Å²) in [7, 11) is 0. The molecule has 0 saturated heterocycles. The monoisotopic (exact) mass is 160 g/mol. The molecule has 2 rings (SSSR count). The first-order valence-electron chi connectivity index (χ1n) is 4.28. The number of fused-ring (bicyclic) bond motifs is 1. The molecular formula is C10H9NO. The summed E-state index contributed by atoms with van der Waals surface area (Å²) in [6, 6.07) is 7.73. The number of carbonyl (C=O) groups is 1. The minimum absolute atomic E-state index is 0.0961. The van der Waals surface area contributed by atoms with Crippen molar-refractivity contribution >= 4 is 16.7 Å². The van der Waals surface area contributed by atoms with E-state index in [1.54, 1.807) is 0 Å². The highest BCUT2D eigenvalue weighted by Crippen LogP contribution is 2.14. The standard InChI is InChI=1S/C10H9NO/c1-7(12)10-6-8-4-2-3-5-9(8)11-10/h2-6,11H,1H3/i6D. The van der Waals surface area contributed by atoms with Crippen LogP contribution in [0.2, 0.25) is 0 Å². The van der Waals surface area contributed by atoms with Gasteiger partial charge in [0.2, 0.25) is 0 Å². The van der Waals surface area contributed by atoms with Gasteiger partial charge in [-0.3, -0.25) is 4.79 Å². The van der Waals surface area contributed by atoms with Gasteiger partial charge in [-0.05, 0) is 12.1 Å². The number of H-pyrrole nitrogens is 1. The van der Waals surface area contributed by atoms with Crippen molar-refractivity contribution in [3.8, 4) is 0 Å². The van der Waals surface area contributed by atoms with Crippen LogP contribution in [0.5, 0.6) is 0 Å². The lowest BCUT2D eigenvalue weighted by atomic mass is 10.2. The van der Waals surface area contributed by atoms with Gasteiger partial charge in [-0.15, -0.1) is 0 Å². The molecule has 0 unspecified atom stereocenters. The Hall–Kier alpha value is -1.57. The van der Waals surface area contributed by atoms with E-state index in [0.29, 0.717) is 11.7 Å². The summed E-state index contributed by atoms with van der Waals surface area (Å²) in [5.41, 5.74) is 1.24. The quantitative estimate of drug-likeness (QED) is 0.638. The smallest absolute Gasteiger partial charge is 0.175 e. The van der Waals surface area contributed by atoms with Gasteiger partial charge in [-0.1, -0.05) is 18.2 Å². The third kappa shape index (κ3) is 1.01. The lowest BCUT2D eigenvalue weighted by molar-refractivity contribution is 0.101. The average Bonchev–Trinajstić information content (AvgIpc) is 2.45. The topological polar surface area (TPSA) is 32.9 Å². The molecule has 2 nitrogen and oxygen atoms in total. The Labute approximate surface area is 71.6 Å². The number of hydrogen-bond donors (Lipinski definition) is 1. The fourth-order valence-electron chi connectivity index (χ4n) is 1.18. The maximum Gasteiger partial charge on any atom is 0.175 e. The fraction of sp³-hybridized carbons (Fsp3) is 0.100. The van der Waals surface area contributed by atoms with Crippen molar-refractivity contribution < 1.29 is 6.17 Å². The van der Waals surface area contributed by atoms with E-state index >= 15 is 0 Å². The van der Waals surface area contributed by atoms with Gasteiger partial charge in [0, 0.05) is 17.8 Å². The molecule has 0 radical (unpaired) electrons. The van der Waals surface area contributed by atoms with Crippen molar-refractivity contribution in [2.24, 2.45) is 0 Å². The summed E-state index contributed by atoms with van der Waals surface area (Å²) in [4.78, 5) is 14.0. The molecule has 0 aliphatic heterocycles. The molecule has 0 amide bonds. The number of rotatable bonds is 1. The molecule has 0 aliphatic carbocycles. The lowest BCUT2D eigenvalue weighted by Gasteiger charge is -1.85. The summed E-state index contributed by atoms with van der Waals surface area (Å²) in [5, 5.41) is 0.799. The minimum Gasteiger partial charge on any atom is -0.352 e. The molecule has 0 bridgehead atoms. The van der Waals surface area contributed by atoms with E-state index < -0.39 is 0 Å². The minimum atomic E-state index is -0.0961. The van der Waals surface area contributed by atoms with E-state index in [4.69, 9.17) is 1.37 Å². The van der Waals surface area contributed by atoms with E-state index in [0.717, 1.165) is 10.9 Å². The first-order valence-corrected chi connectivity index (χ1v) is 3.78. The van der Waals surface area contributed by atoms with Crippen molar-refractivity contribution in [1.82, 2.24) is 4.98 Å². The highest BCUT2D eigenvalue weighted by Gasteiger charge is 2.02. The SMILES string of the molecule is [2H]c1c(C(C)=O)[nH]c2ccccc12. The molecule has 1 aromatic heterocycles. The average molecular weight is 160 g/mol. The number of carbonyl (C=O) groups excluding carboxylic acids is 1. The molecule has 60 valence electrons. The molecule has 2 aromatic rings. The number of nitrogens with one attached hydrogen (secondary N) is 1. The van der Waals surface area contributed by atoms with Crippen molar-refractivity contribution in [2.75, 3.05) is 0 Å². The van der Waals surface area contributed by atoms with Gasteiger partial charge in [0.1, 0.15) is 0 Å². The van der Waals surface area contributed by atoms with Crippen LogP contribution in [0, 0.1) is 0 Å². The maximum atomic E-state index is 11.1. The molecule has 0 saturated carbocycles. The molecule has 0 fully saturated rings. The van der Waals surface area contributed by atoms with E-state index in [9.17, 15) is 4.79 Å². The molecule has 1 aromatic carbocycles. The number of Topliss-reactive ketones (excluding diaryl/α,β-unsaturated/α-hetero) is 1. The van der Waals surface area contributed by atoms with E-state index in [2.05, 4.69) is 4.98 Å². The van der Waals surface area contributed by atoms with Gasteiger partial charge in [0.05, 0.1) is 7.06 Å². The van der Waals surface area contributed by atoms with E-state index in [1.165, 1.54) is 6.92 Å². The molecule has 12 heavy (non-hydrogen) atoms. The van der Waals surface area contributed by atoms with Crippen LogP contribution in [0.15, 0.2) is 30.3 Å². The Morgan fingerprint density at radius 3 is 2.92 bits per heavy atom. The van der Waals surface area contributed by atoms with Crippen LogP contribution in [0.3, 0.4) is 0 Å².